The lowest BCUT2D eigenvalue weighted by atomic mass is 10.2. The van der Waals surface area contributed by atoms with Crippen molar-refractivity contribution in [3.8, 4) is 22.9 Å². The van der Waals surface area contributed by atoms with Crippen molar-refractivity contribution in [2.24, 2.45) is 0 Å². The molecule has 2 aliphatic rings. The van der Waals surface area contributed by atoms with Crippen molar-refractivity contribution < 1.29 is 8.83 Å². The van der Waals surface area contributed by atoms with Crippen molar-refractivity contribution in [3.63, 3.8) is 0 Å². The summed E-state index contributed by atoms with van der Waals surface area (Å²) in [6.07, 6.45) is 1.61. The molecule has 4 heterocycles. The van der Waals surface area contributed by atoms with Gasteiger partial charge in [0.1, 0.15) is 11.6 Å². The van der Waals surface area contributed by atoms with E-state index in [2.05, 4.69) is 15.4 Å². The molecule has 3 aromatic heterocycles. The van der Waals surface area contributed by atoms with Crippen molar-refractivity contribution in [1.82, 2.24) is 14.6 Å². The zero-order valence-electron chi connectivity index (χ0n) is 12.5. The molecule has 1 aliphatic carbocycles. The maximum absolute atomic E-state index is 5.84. The maximum Gasteiger partial charge on any atom is 0.217 e. The van der Waals surface area contributed by atoms with Crippen LogP contribution >= 0.6 is 0 Å². The molecule has 6 nitrogen and oxygen atoms in total. The SMILES string of the molecule is c1cc2ccc(Nc3cccc4nc(-c5ccco5)nn34)oc-2c1. The highest BCUT2D eigenvalue weighted by Crippen LogP contribution is 2.28. The van der Waals surface area contributed by atoms with Gasteiger partial charge in [0.25, 0.3) is 0 Å². The van der Waals surface area contributed by atoms with Gasteiger partial charge in [-0.1, -0.05) is 18.2 Å². The molecule has 3 aromatic rings. The molecule has 0 spiro atoms. The van der Waals surface area contributed by atoms with Crippen LogP contribution in [0.5, 0.6) is 0 Å². The van der Waals surface area contributed by atoms with E-state index >= 15 is 0 Å². The topological polar surface area (TPSA) is 68.5 Å². The highest BCUT2D eigenvalue weighted by atomic mass is 16.4. The number of furan rings is 1. The lowest BCUT2D eigenvalue weighted by molar-refractivity contribution is 0.577. The highest BCUT2D eigenvalue weighted by Gasteiger charge is 2.12. The number of nitrogens with zero attached hydrogens (tertiary/aromatic N) is 3. The van der Waals surface area contributed by atoms with Gasteiger partial charge in [0.15, 0.2) is 17.3 Å². The largest absolute Gasteiger partial charge is 0.461 e. The Morgan fingerprint density at radius 3 is 2.71 bits per heavy atom. The standard InChI is InChI=1S/C18H12N4O2/c1-4-12-9-10-17(24-13(12)5-1)19-15-7-2-8-16-20-18(21-22(15)16)14-6-3-11-23-14/h1-11,19H. The fraction of sp³-hybridized carbons (Fsp3) is 0. The number of aromatic nitrogens is 3. The van der Waals surface area contributed by atoms with E-state index in [-0.39, 0.29) is 0 Å². The van der Waals surface area contributed by atoms with E-state index in [9.17, 15) is 0 Å². The zero-order chi connectivity index (χ0) is 15.9. The summed E-state index contributed by atoms with van der Waals surface area (Å²) in [5.41, 5.74) is 1.79. The average Bonchev–Trinajstić information content (AvgIpc) is 3.34. The maximum atomic E-state index is 5.84. The van der Waals surface area contributed by atoms with Gasteiger partial charge < -0.3 is 14.2 Å². The molecule has 24 heavy (non-hydrogen) atoms. The quantitative estimate of drug-likeness (QED) is 0.533. The van der Waals surface area contributed by atoms with Gasteiger partial charge in [0.05, 0.1) is 6.26 Å². The summed E-state index contributed by atoms with van der Waals surface area (Å²) < 4.78 is 12.9. The molecule has 1 aliphatic heterocycles. The number of fused-ring (bicyclic) bond motifs is 2. The van der Waals surface area contributed by atoms with Crippen LogP contribution in [0.15, 0.2) is 75.8 Å². The van der Waals surface area contributed by atoms with Gasteiger partial charge in [-0.05, 0) is 42.5 Å². The summed E-state index contributed by atoms with van der Waals surface area (Å²) in [4.78, 5) is 4.49. The monoisotopic (exact) mass is 316 g/mol. The molecule has 0 aromatic carbocycles. The van der Waals surface area contributed by atoms with Crippen LogP contribution in [-0.4, -0.2) is 14.6 Å². The Hall–Kier alpha value is -3.54. The number of nitrogens with one attached hydrogen (secondary N) is 1. The van der Waals surface area contributed by atoms with Gasteiger partial charge in [0.2, 0.25) is 5.82 Å². The molecular weight excluding hydrogens is 304 g/mol. The molecule has 0 radical (unpaired) electrons. The third-order valence-corrected chi connectivity index (χ3v) is 3.79. The second-order valence-corrected chi connectivity index (χ2v) is 5.36. The molecule has 116 valence electrons. The molecule has 0 amide bonds. The number of anilines is 2. The van der Waals surface area contributed by atoms with E-state index in [0.29, 0.717) is 17.5 Å². The highest BCUT2D eigenvalue weighted by molar-refractivity contribution is 5.65. The van der Waals surface area contributed by atoms with Crippen LogP contribution in [0.3, 0.4) is 0 Å². The Kier molecular flexibility index (Phi) is 2.69. The Bertz CT molecular complexity index is 1090. The summed E-state index contributed by atoms with van der Waals surface area (Å²) >= 11 is 0. The van der Waals surface area contributed by atoms with Gasteiger partial charge in [-0.2, -0.15) is 4.52 Å². The van der Waals surface area contributed by atoms with Crippen molar-refractivity contribution in [2.75, 3.05) is 5.32 Å². The van der Waals surface area contributed by atoms with Crippen LogP contribution in [0.4, 0.5) is 11.7 Å². The Labute approximate surface area is 136 Å². The molecule has 0 atom stereocenters. The van der Waals surface area contributed by atoms with Crippen LogP contribution in [0.1, 0.15) is 0 Å². The van der Waals surface area contributed by atoms with E-state index in [0.717, 1.165) is 22.8 Å². The van der Waals surface area contributed by atoms with E-state index in [1.165, 1.54) is 0 Å². The average molecular weight is 316 g/mol. The molecule has 5 rings (SSSR count). The number of pyridine rings is 1. The van der Waals surface area contributed by atoms with Crippen LogP contribution in [0, 0.1) is 0 Å². The van der Waals surface area contributed by atoms with Crippen molar-refractivity contribution in [1.29, 1.82) is 0 Å². The van der Waals surface area contributed by atoms with Crippen LogP contribution in [-0.2, 0) is 0 Å². The first-order valence-corrected chi connectivity index (χ1v) is 7.52. The fourth-order valence-electron chi connectivity index (χ4n) is 2.67. The molecular formula is C18H12N4O2. The van der Waals surface area contributed by atoms with Crippen molar-refractivity contribution >= 4 is 17.3 Å². The smallest absolute Gasteiger partial charge is 0.217 e. The first-order chi connectivity index (χ1) is 11.9. The van der Waals surface area contributed by atoms with Gasteiger partial charge in [-0.25, -0.2) is 4.98 Å². The number of hydrogen-bond donors (Lipinski definition) is 1. The van der Waals surface area contributed by atoms with Crippen molar-refractivity contribution in [2.45, 2.75) is 0 Å². The first-order valence-electron chi connectivity index (χ1n) is 7.52. The van der Waals surface area contributed by atoms with Crippen LogP contribution < -0.4 is 5.32 Å². The van der Waals surface area contributed by atoms with E-state index in [4.69, 9.17) is 8.83 Å². The second kappa shape index (κ2) is 4.99. The molecule has 1 N–H and O–H groups in total. The van der Waals surface area contributed by atoms with E-state index < -0.39 is 0 Å². The third kappa shape index (κ3) is 2.04. The molecule has 0 bridgehead atoms. The lowest BCUT2D eigenvalue weighted by Crippen LogP contribution is -1.99. The van der Waals surface area contributed by atoms with Crippen LogP contribution in [0.2, 0.25) is 0 Å². The van der Waals surface area contributed by atoms with Gasteiger partial charge in [0, 0.05) is 5.56 Å². The van der Waals surface area contributed by atoms with Gasteiger partial charge in [-0.3, -0.25) is 0 Å². The molecule has 0 fully saturated rings. The summed E-state index contributed by atoms with van der Waals surface area (Å²) in [5.74, 6) is 3.40. The normalized spacial score (nSPS) is 11.3. The minimum absolute atomic E-state index is 0.540. The molecule has 6 heteroatoms. The van der Waals surface area contributed by atoms with Crippen LogP contribution in [0.25, 0.3) is 28.6 Å². The van der Waals surface area contributed by atoms with E-state index in [1.54, 1.807) is 10.8 Å². The predicted molar refractivity (Wildman–Crippen MR) is 89.3 cm³/mol. The number of hydrogen-bond acceptors (Lipinski definition) is 5. The minimum atomic E-state index is 0.540. The van der Waals surface area contributed by atoms with Crippen molar-refractivity contribution in [3.05, 3.63) is 66.9 Å². The summed E-state index contributed by atoms with van der Waals surface area (Å²) in [6.45, 7) is 0. The Balaban J connectivity index is 1.58. The van der Waals surface area contributed by atoms with E-state index in [1.807, 2.05) is 60.7 Å². The Morgan fingerprint density at radius 1 is 0.875 bits per heavy atom. The van der Waals surface area contributed by atoms with Gasteiger partial charge >= 0.3 is 0 Å². The summed E-state index contributed by atoms with van der Waals surface area (Å²) in [6, 6.07) is 19.2. The predicted octanol–water partition coefficient (Wildman–Crippen LogP) is 4.43. The summed E-state index contributed by atoms with van der Waals surface area (Å²) in [7, 11) is 0. The number of rotatable bonds is 3. The third-order valence-electron chi connectivity index (χ3n) is 3.79. The lowest BCUT2D eigenvalue weighted by Gasteiger charge is -2.08. The second-order valence-electron chi connectivity index (χ2n) is 5.36. The molecule has 0 unspecified atom stereocenters. The molecule has 0 saturated heterocycles. The minimum Gasteiger partial charge on any atom is -0.461 e. The Morgan fingerprint density at radius 2 is 1.79 bits per heavy atom. The first kappa shape index (κ1) is 13.0. The fourth-order valence-corrected chi connectivity index (χ4v) is 2.67. The molecule has 0 saturated carbocycles. The van der Waals surface area contributed by atoms with Gasteiger partial charge in [-0.15, -0.1) is 5.10 Å². The summed E-state index contributed by atoms with van der Waals surface area (Å²) in [5, 5.41) is 7.76. The zero-order valence-corrected chi connectivity index (χ0v) is 12.5.